The van der Waals surface area contributed by atoms with Gasteiger partial charge in [0.05, 0.1) is 0 Å². The molecule has 1 aromatic heterocycles. The molecule has 1 aliphatic rings. The van der Waals surface area contributed by atoms with Crippen LogP contribution in [-0.2, 0) is 19.4 Å². The minimum Gasteiger partial charge on any atom is -0.334 e. The molecule has 1 aliphatic heterocycles. The summed E-state index contributed by atoms with van der Waals surface area (Å²) >= 11 is 0. The van der Waals surface area contributed by atoms with Crippen molar-refractivity contribution >= 4 is 12.4 Å². The number of rotatable bonds is 4. The molecule has 0 atom stereocenters. The molecule has 4 nitrogen and oxygen atoms in total. The second kappa shape index (κ2) is 8.02. The molecule has 5 heteroatoms. The monoisotopic (exact) mass is 369 g/mol. The van der Waals surface area contributed by atoms with E-state index >= 15 is 0 Å². The van der Waals surface area contributed by atoms with Gasteiger partial charge in [0.25, 0.3) is 5.89 Å². The minimum absolute atomic E-state index is 0. The van der Waals surface area contributed by atoms with Crippen LogP contribution in [0, 0.1) is 5.92 Å². The van der Waals surface area contributed by atoms with Gasteiger partial charge in [0.15, 0.2) is 0 Å². The number of hydrogen-bond acceptors (Lipinski definition) is 4. The fourth-order valence-electron chi connectivity index (χ4n) is 3.33. The molecule has 3 aromatic rings. The van der Waals surface area contributed by atoms with E-state index in [1.54, 1.807) is 0 Å². The smallest absolute Gasteiger partial charge is 0.258 e. The summed E-state index contributed by atoms with van der Waals surface area (Å²) in [6.07, 6.45) is 2.13. The SMILES string of the molecule is CC(C)Cc1ccc(-c2nc(-c3ccc4c(c3)CCNC4)no2)cc1.Cl. The van der Waals surface area contributed by atoms with Crippen LogP contribution in [0.1, 0.15) is 30.5 Å². The number of nitrogens with zero attached hydrogens (tertiary/aromatic N) is 2. The van der Waals surface area contributed by atoms with Crippen LogP contribution in [0.2, 0.25) is 0 Å². The molecule has 0 fully saturated rings. The molecule has 4 rings (SSSR count). The summed E-state index contributed by atoms with van der Waals surface area (Å²) in [7, 11) is 0. The van der Waals surface area contributed by atoms with E-state index in [9.17, 15) is 0 Å². The quantitative estimate of drug-likeness (QED) is 0.726. The first kappa shape index (κ1) is 18.6. The van der Waals surface area contributed by atoms with Gasteiger partial charge < -0.3 is 9.84 Å². The van der Waals surface area contributed by atoms with Crippen molar-refractivity contribution in [2.75, 3.05) is 6.54 Å². The Morgan fingerprint density at radius 2 is 1.81 bits per heavy atom. The molecule has 1 N–H and O–H groups in total. The third-order valence-corrected chi connectivity index (χ3v) is 4.62. The topological polar surface area (TPSA) is 51.0 Å². The number of aromatic nitrogens is 2. The summed E-state index contributed by atoms with van der Waals surface area (Å²) in [6.45, 7) is 6.42. The van der Waals surface area contributed by atoms with Crippen LogP contribution in [0.4, 0.5) is 0 Å². The van der Waals surface area contributed by atoms with Crippen molar-refractivity contribution in [2.45, 2.75) is 33.2 Å². The van der Waals surface area contributed by atoms with E-state index in [0.29, 0.717) is 17.6 Å². The molecule has 0 saturated heterocycles. The van der Waals surface area contributed by atoms with E-state index in [4.69, 9.17) is 4.52 Å². The van der Waals surface area contributed by atoms with Crippen molar-refractivity contribution in [3.8, 4) is 22.8 Å². The average Bonchev–Trinajstić information content (AvgIpc) is 3.11. The van der Waals surface area contributed by atoms with E-state index in [1.165, 1.54) is 16.7 Å². The van der Waals surface area contributed by atoms with Crippen molar-refractivity contribution in [3.63, 3.8) is 0 Å². The third-order valence-electron chi connectivity index (χ3n) is 4.62. The van der Waals surface area contributed by atoms with Gasteiger partial charge in [-0.3, -0.25) is 0 Å². The lowest BCUT2D eigenvalue weighted by atomic mass is 9.98. The first-order valence-corrected chi connectivity index (χ1v) is 8.95. The largest absolute Gasteiger partial charge is 0.334 e. The van der Waals surface area contributed by atoms with Crippen LogP contribution in [0.5, 0.6) is 0 Å². The van der Waals surface area contributed by atoms with E-state index in [0.717, 1.165) is 37.1 Å². The number of nitrogens with one attached hydrogen (secondary N) is 1. The lowest BCUT2D eigenvalue weighted by Crippen LogP contribution is -2.23. The highest BCUT2D eigenvalue weighted by Gasteiger charge is 2.14. The molecule has 0 bridgehead atoms. The molecule has 26 heavy (non-hydrogen) atoms. The Morgan fingerprint density at radius 1 is 1.04 bits per heavy atom. The summed E-state index contributed by atoms with van der Waals surface area (Å²) in [6, 6.07) is 14.8. The Labute approximate surface area is 160 Å². The Hall–Kier alpha value is -2.17. The number of hydrogen-bond donors (Lipinski definition) is 1. The van der Waals surface area contributed by atoms with E-state index in [1.807, 2.05) is 0 Å². The lowest BCUT2D eigenvalue weighted by molar-refractivity contribution is 0.432. The highest BCUT2D eigenvalue weighted by Crippen LogP contribution is 2.25. The van der Waals surface area contributed by atoms with Gasteiger partial charge in [-0.05, 0) is 60.2 Å². The summed E-state index contributed by atoms with van der Waals surface area (Å²) in [5.41, 5.74) is 6.06. The molecule has 136 valence electrons. The molecule has 2 heterocycles. The second-order valence-electron chi connectivity index (χ2n) is 7.13. The zero-order valence-electron chi connectivity index (χ0n) is 15.2. The van der Waals surface area contributed by atoms with E-state index < -0.39 is 0 Å². The lowest BCUT2D eigenvalue weighted by Gasteiger charge is -2.17. The van der Waals surface area contributed by atoms with Crippen LogP contribution < -0.4 is 5.32 Å². The molecule has 0 spiro atoms. The number of benzene rings is 2. The summed E-state index contributed by atoms with van der Waals surface area (Å²) < 4.78 is 5.50. The highest BCUT2D eigenvalue weighted by molar-refractivity contribution is 5.85. The zero-order chi connectivity index (χ0) is 17.2. The minimum atomic E-state index is 0. The van der Waals surface area contributed by atoms with Crippen LogP contribution in [-0.4, -0.2) is 16.7 Å². The number of halogens is 1. The maximum Gasteiger partial charge on any atom is 0.258 e. The Kier molecular flexibility index (Phi) is 5.74. The fraction of sp³-hybridized carbons (Fsp3) is 0.333. The van der Waals surface area contributed by atoms with Crippen LogP contribution in [0.25, 0.3) is 22.8 Å². The molecular formula is C21H24ClN3O. The standard InChI is InChI=1S/C21H23N3O.ClH/c1-14(2)11-15-3-5-16(6-4-15)21-23-20(24-25-21)18-7-8-19-13-22-10-9-17(19)12-18;/h3-8,12,14,22H,9-11,13H2,1-2H3;1H. The van der Waals surface area contributed by atoms with Gasteiger partial charge in [0, 0.05) is 17.7 Å². The van der Waals surface area contributed by atoms with E-state index in [2.05, 4.69) is 71.8 Å². The molecule has 0 saturated carbocycles. The van der Waals surface area contributed by atoms with Gasteiger partial charge >= 0.3 is 0 Å². The first-order chi connectivity index (χ1) is 12.2. The molecular weight excluding hydrogens is 346 g/mol. The number of fused-ring (bicyclic) bond motifs is 1. The summed E-state index contributed by atoms with van der Waals surface area (Å²) in [5.74, 6) is 1.88. The predicted molar refractivity (Wildman–Crippen MR) is 106 cm³/mol. The van der Waals surface area contributed by atoms with Crippen molar-refractivity contribution in [2.24, 2.45) is 5.92 Å². The predicted octanol–water partition coefficient (Wildman–Crippen LogP) is 4.67. The Balaban J connectivity index is 0.00000196. The van der Waals surface area contributed by atoms with Crippen LogP contribution in [0.3, 0.4) is 0 Å². The maximum absolute atomic E-state index is 5.50. The van der Waals surface area contributed by atoms with Gasteiger partial charge in [-0.15, -0.1) is 12.4 Å². The fourth-order valence-corrected chi connectivity index (χ4v) is 3.33. The molecule has 0 aliphatic carbocycles. The van der Waals surface area contributed by atoms with Crippen molar-refractivity contribution in [1.82, 2.24) is 15.5 Å². The maximum atomic E-state index is 5.50. The van der Waals surface area contributed by atoms with Gasteiger partial charge in [-0.25, -0.2) is 0 Å². The average molecular weight is 370 g/mol. The molecule has 0 amide bonds. The van der Waals surface area contributed by atoms with Crippen LogP contribution >= 0.6 is 12.4 Å². The second-order valence-corrected chi connectivity index (χ2v) is 7.13. The molecule has 0 radical (unpaired) electrons. The Bertz CT molecular complexity index is 871. The Morgan fingerprint density at radius 3 is 2.58 bits per heavy atom. The van der Waals surface area contributed by atoms with Crippen molar-refractivity contribution in [1.29, 1.82) is 0 Å². The molecule has 2 aromatic carbocycles. The highest BCUT2D eigenvalue weighted by atomic mass is 35.5. The van der Waals surface area contributed by atoms with Gasteiger partial charge in [-0.1, -0.05) is 43.3 Å². The summed E-state index contributed by atoms with van der Waals surface area (Å²) in [5, 5.41) is 7.57. The van der Waals surface area contributed by atoms with Gasteiger partial charge in [0.2, 0.25) is 5.82 Å². The third kappa shape index (κ3) is 3.97. The van der Waals surface area contributed by atoms with E-state index in [-0.39, 0.29) is 12.4 Å². The van der Waals surface area contributed by atoms with Crippen molar-refractivity contribution in [3.05, 3.63) is 59.2 Å². The zero-order valence-corrected chi connectivity index (χ0v) is 16.0. The molecule has 0 unspecified atom stereocenters. The van der Waals surface area contributed by atoms with Gasteiger partial charge in [0.1, 0.15) is 0 Å². The van der Waals surface area contributed by atoms with Crippen molar-refractivity contribution < 1.29 is 4.52 Å². The first-order valence-electron chi connectivity index (χ1n) is 8.95. The normalized spacial score (nSPS) is 13.3. The van der Waals surface area contributed by atoms with Crippen LogP contribution in [0.15, 0.2) is 47.0 Å². The van der Waals surface area contributed by atoms with Gasteiger partial charge in [-0.2, -0.15) is 4.98 Å². The summed E-state index contributed by atoms with van der Waals surface area (Å²) in [4.78, 5) is 4.60.